The molecule has 0 N–H and O–H groups in total. The molecule has 1 fully saturated rings. The van der Waals surface area contributed by atoms with Gasteiger partial charge in [-0.2, -0.15) is 0 Å². The van der Waals surface area contributed by atoms with E-state index in [9.17, 15) is 9.59 Å². The van der Waals surface area contributed by atoms with E-state index < -0.39 is 0 Å². The van der Waals surface area contributed by atoms with E-state index in [1.165, 1.54) is 12.0 Å². The van der Waals surface area contributed by atoms with Crippen LogP contribution >= 0.6 is 46.6 Å². The summed E-state index contributed by atoms with van der Waals surface area (Å²) in [5, 5.41) is 1.15. The van der Waals surface area contributed by atoms with Crippen LogP contribution in [0.25, 0.3) is 6.08 Å². The van der Waals surface area contributed by atoms with Crippen molar-refractivity contribution in [3.63, 3.8) is 0 Å². The quantitative estimate of drug-likeness (QED) is 0.294. The Morgan fingerprint density at radius 1 is 0.912 bits per heavy atom. The molecule has 34 heavy (non-hydrogen) atoms. The lowest BCUT2D eigenvalue weighted by Gasteiger charge is -2.13. The zero-order valence-electron chi connectivity index (χ0n) is 17.9. The van der Waals surface area contributed by atoms with Crippen molar-refractivity contribution in [2.45, 2.75) is 13.2 Å². The number of hydrogen-bond donors (Lipinski definition) is 0. The van der Waals surface area contributed by atoms with Crippen LogP contribution < -0.4 is 9.47 Å². The van der Waals surface area contributed by atoms with Gasteiger partial charge in [0.15, 0.2) is 11.5 Å². The Hall–Kier alpha value is -2.64. The molecule has 0 unspecified atom stereocenters. The summed E-state index contributed by atoms with van der Waals surface area (Å²) >= 11 is 18.9. The smallest absolute Gasteiger partial charge is 0.293 e. The summed E-state index contributed by atoms with van der Waals surface area (Å²) in [4.78, 5) is 26.8. The number of thioether (sulfide) groups is 1. The van der Waals surface area contributed by atoms with Crippen molar-refractivity contribution < 1.29 is 19.1 Å². The van der Waals surface area contributed by atoms with E-state index in [1.807, 2.05) is 12.1 Å². The molecule has 3 aromatic carbocycles. The van der Waals surface area contributed by atoms with Gasteiger partial charge in [0, 0.05) is 5.02 Å². The predicted octanol–water partition coefficient (Wildman–Crippen LogP) is 7.47. The summed E-state index contributed by atoms with van der Waals surface area (Å²) in [5.41, 5.74) is 2.34. The van der Waals surface area contributed by atoms with Crippen LogP contribution in [0.15, 0.2) is 65.6 Å². The molecule has 1 aliphatic heterocycles. The Labute approximate surface area is 216 Å². The second-order valence-electron chi connectivity index (χ2n) is 7.35. The molecule has 2 amide bonds. The van der Waals surface area contributed by atoms with Gasteiger partial charge in [0.2, 0.25) is 0 Å². The largest absolute Gasteiger partial charge is 0.493 e. The lowest BCUT2D eigenvalue weighted by atomic mass is 10.1. The van der Waals surface area contributed by atoms with Crippen LogP contribution in [0.5, 0.6) is 11.5 Å². The van der Waals surface area contributed by atoms with Crippen LogP contribution in [0.4, 0.5) is 4.79 Å². The van der Waals surface area contributed by atoms with Crippen LogP contribution in [0, 0.1) is 0 Å². The zero-order valence-corrected chi connectivity index (χ0v) is 21.0. The van der Waals surface area contributed by atoms with Crippen LogP contribution in [0.3, 0.4) is 0 Å². The standard InChI is InChI=1S/C25H18Cl3NO4S/c1-32-22-11-15(6-8-21(22)33-14-17-5-7-19(27)20(28)10-17)12-23-24(30)29(25(31)34-23)13-16-3-2-4-18(26)9-16/h2-12H,13-14H2,1H3/b23-12-. The highest BCUT2D eigenvalue weighted by Gasteiger charge is 2.35. The first kappa shape index (κ1) is 24.5. The highest BCUT2D eigenvalue weighted by molar-refractivity contribution is 8.18. The van der Waals surface area contributed by atoms with Gasteiger partial charge < -0.3 is 9.47 Å². The minimum Gasteiger partial charge on any atom is -0.493 e. The molecule has 0 aromatic heterocycles. The zero-order chi connectivity index (χ0) is 24.2. The molecule has 1 saturated heterocycles. The highest BCUT2D eigenvalue weighted by atomic mass is 35.5. The number of carbonyl (C=O) groups excluding carboxylic acids is 2. The van der Waals surface area contributed by atoms with Crippen LogP contribution in [0.2, 0.25) is 15.1 Å². The predicted molar refractivity (Wildman–Crippen MR) is 137 cm³/mol. The Balaban J connectivity index is 1.48. The van der Waals surface area contributed by atoms with Gasteiger partial charge in [0.25, 0.3) is 11.1 Å². The second-order valence-corrected chi connectivity index (χ2v) is 9.59. The molecule has 174 valence electrons. The third-order valence-corrected chi connectivity index (χ3v) is 6.85. The van der Waals surface area contributed by atoms with Crippen molar-refractivity contribution >= 4 is 63.8 Å². The van der Waals surface area contributed by atoms with Crippen LogP contribution in [-0.2, 0) is 17.9 Å². The molecule has 0 bridgehead atoms. The highest BCUT2D eigenvalue weighted by Crippen LogP contribution is 2.36. The Bertz CT molecular complexity index is 1290. The van der Waals surface area contributed by atoms with Gasteiger partial charge in [-0.25, -0.2) is 0 Å². The minimum absolute atomic E-state index is 0.160. The Morgan fingerprint density at radius 3 is 2.47 bits per heavy atom. The SMILES string of the molecule is COc1cc(/C=C2\SC(=O)N(Cc3cccc(Cl)c3)C2=O)ccc1OCc1ccc(Cl)c(Cl)c1. The number of imide groups is 1. The van der Waals surface area contributed by atoms with E-state index in [1.54, 1.807) is 54.6 Å². The van der Waals surface area contributed by atoms with Gasteiger partial charge >= 0.3 is 0 Å². The van der Waals surface area contributed by atoms with E-state index in [0.717, 1.165) is 22.9 Å². The fraction of sp³-hybridized carbons (Fsp3) is 0.120. The van der Waals surface area contributed by atoms with Crippen molar-refractivity contribution in [3.8, 4) is 11.5 Å². The first-order valence-corrected chi connectivity index (χ1v) is 12.0. The molecular weight excluding hydrogens is 517 g/mol. The molecule has 5 nitrogen and oxygen atoms in total. The van der Waals surface area contributed by atoms with Crippen molar-refractivity contribution in [1.29, 1.82) is 0 Å². The van der Waals surface area contributed by atoms with Gasteiger partial charge in [0.1, 0.15) is 6.61 Å². The third kappa shape index (κ3) is 5.70. The van der Waals surface area contributed by atoms with Crippen LogP contribution in [-0.4, -0.2) is 23.2 Å². The van der Waals surface area contributed by atoms with Crippen molar-refractivity contribution in [2.24, 2.45) is 0 Å². The molecule has 4 rings (SSSR count). The fourth-order valence-corrected chi connectivity index (χ4v) is 4.66. The van der Waals surface area contributed by atoms with Gasteiger partial charge in [-0.15, -0.1) is 0 Å². The van der Waals surface area contributed by atoms with Crippen molar-refractivity contribution in [1.82, 2.24) is 4.90 Å². The number of methoxy groups -OCH3 is 1. The maximum Gasteiger partial charge on any atom is 0.293 e. The Morgan fingerprint density at radius 2 is 1.74 bits per heavy atom. The molecule has 1 heterocycles. The molecule has 9 heteroatoms. The first-order valence-electron chi connectivity index (χ1n) is 10.1. The van der Waals surface area contributed by atoms with E-state index in [-0.39, 0.29) is 24.3 Å². The summed E-state index contributed by atoms with van der Waals surface area (Å²) in [5.74, 6) is 0.667. The maximum atomic E-state index is 12.8. The number of hydrogen-bond acceptors (Lipinski definition) is 5. The average Bonchev–Trinajstić information content (AvgIpc) is 3.07. The number of rotatable bonds is 7. The summed E-state index contributed by atoms with van der Waals surface area (Å²) in [6.07, 6.45) is 1.66. The minimum atomic E-state index is -0.353. The van der Waals surface area contributed by atoms with Gasteiger partial charge in [-0.05, 0) is 70.9 Å². The number of ether oxygens (including phenoxy) is 2. The first-order chi connectivity index (χ1) is 16.3. The third-order valence-electron chi connectivity index (χ3n) is 4.97. The number of amides is 2. The molecule has 0 radical (unpaired) electrons. The van der Waals surface area contributed by atoms with Crippen LogP contribution in [0.1, 0.15) is 16.7 Å². The van der Waals surface area contributed by atoms with E-state index >= 15 is 0 Å². The molecule has 0 atom stereocenters. The number of nitrogens with zero attached hydrogens (tertiary/aromatic N) is 1. The summed E-state index contributed by atoms with van der Waals surface area (Å²) in [6, 6.07) is 17.6. The van der Waals surface area contributed by atoms with Gasteiger partial charge in [-0.3, -0.25) is 14.5 Å². The molecule has 0 spiro atoms. The molecule has 0 saturated carbocycles. The van der Waals surface area contributed by atoms with Crippen molar-refractivity contribution in [2.75, 3.05) is 7.11 Å². The fourth-order valence-electron chi connectivity index (χ4n) is 3.29. The van der Waals surface area contributed by atoms with E-state index in [4.69, 9.17) is 44.3 Å². The summed E-state index contributed by atoms with van der Waals surface area (Å²) < 4.78 is 11.3. The van der Waals surface area contributed by atoms with Gasteiger partial charge in [-0.1, -0.05) is 59.1 Å². The molecule has 0 aliphatic carbocycles. The second kappa shape index (κ2) is 10.7. The number of benzene rings is 3. The molecule has 1 aliphatic rings. The topological polar surface area (TPSA) is 55.8 Å². The molecular formula is C25H18Cl3NO4S. The lowest BCUT2D eigenvalue weighted by Crippen LogP contribution is -2.27. The maximum absolute atomic E-state index is 12.8. The summed E-state index contributed by atoms with van der Waals surface area (Å²) in [6.45, 7) is 0.433. The van der Waals surface area contributed by atoms with Crippen molar-refractivity contribution in [3.05, 3.63) is 97.3 Å². The Kier molecular flexibility index (Phi) is 7.73. The van der Waals surface area contributed by atoms with E-state index in [2.05, 4.69) is 0 Å². The molecule has 3 aromatic rings. The average molecular weight is 535 g/mol. The monoisotopic (exact) mass is 533 g/mol. The van der Waals surface area contributed by atoms with E-state index in [0.29, 0.717) is 37.0 Å². The number of carbonyl (C=O) groups is 2. The van der Waals surface area contributed by atoms with Gasteiger partial charge in [0.05, 0.1) is 28.6 Å². The summed E-state index contributed by atoms with van der Waals surface area (Å²) in [7, 11) is 1.53. The lowest BCUT2D eigenvalue weighted by molar-refractivity contribution is -0.123. The normalized spacial score (nSPS) is 14.7. The number of halogens is 3.